The second-order valence-corrected chi connectivity index (χ2v) is 7.60. The maximum absolute atomic E-state index is 6.19. The van der Waals surface area contributed by atoms with Crippen LogP contribution in [-0.2, 0) is 6.42 Å². The highest BCUT2D eigenvalue weighted by molar-refractivity contribution is 6.30. The minimum Gasteiger partial charge on any atom is -0.309 e. The van der Waals surface area contributed by atoms with E-state index < -0.39 is 0 Å². The van der Waals surface area contributed by atoms with Gasteiger partial charge in [0.15, 0.2) is 0 Å². The van der Waals surface area contributed by atoms with E-state index in [2.05, 4.69) is 38.2 Å². The van der Waals surface area contributed by atoms with Crippen molar-refractivity contribution < 1.29 is 0 Å². The minimum absolute atomic E-state index is 0.287. The summed E-state index contributed by atoms with van der Waals surface area (Å²) in [7, 11) is 0. The van der Waals surface area contributed by atoms with Crippen molar-refractivity contribution >= 4 is 11.6 Å². The molecule has 0 radical (unpaired) electrons. The van der Waals surface area contributed by atoms with Crippen molar-refractivity contribution in [2.75, 3.05) is 6.54 Å². The highest BCUT2D eigenvalue weighted by atomic mass is 35.5. The molecule has 0 spiro atoms. The third-order valence-electron chi connectivity index (χ3n) is 4.73. The molecular formula is C19H30ClN. The molecule has 1 atom stereocenters. The molecule has 1 aromatic carbocycles. The lowest BCUT2D eigenvalue weighted by atomic mass is 9.85. The number of nitrogens with one attached hydrogen (secondary N) is 1. The summed E-state index contributed by atoms with van der Waals surface area (Å²) in [6.07, 6.45) is 9.26. The summed E-state index contributed by atoms with van der Waals surface area (Å²) in [5.41, 5.74) is 3.17. The van der Waals surface area contributed by atoms with Crippen molar-refractivity contribution in [2.24, 2.45) is 5.41 Å². The molecule has 118 valence electrons. The topological polar surface area (TPSA) is 12.0 Å². The molecule has 1 aromatic rings. The Bertz CT molecular complexity index is 453. The fourth-order valence-electron chi connectivity index (χ4n) is 3.55. The summed E-state index contributed by atoms with van der Waals surface area (Å²) in [5, 5.41) is 4.65. The van der Waals surface area contributed by atoms with E-state index in [0.717, 1.165) is 18.0 Å². The second kappa shape index (κ2) is 7.65. The van der Waals surface area contributed by atoms with Crippen LogP contribution in [-0.4, -0.2) is 6.54 Å². The molecule has 1 unspecified atom stereocenters. The minimum atomic E-state index is 0.287. The number of fused-ring (bicyclic) bond motifs is 1. The van der Waals surface area contributed by atoms with Gasteiger partial charge in [0.25, 0.3) is 0 Å². The Hall–Kier alpha value is -0.530. The van der Waals surface area contributed by atoms with Crippen LogP contribution in [0.2, 0.25) is 5.02 Å². The van der Waals surface area contributed by atoms with E-state index in [9.17, 15) is 0 Å². The molecule has 1 aliphatic carbocycles. The van der Waals surface area contributed by atoms with Crippen molar-refractivity contribution in [3.8, 4) is 0 Å². The Kier molecular flexibility index (Phi) is 6.13. The SMILES string of the molecule is CCCCCCCCNC1c2cc(Cl)ccc2CC1(C)C. The molecule has 0 saturated carbocycles. The first kappa shape index (κ1) is 16.8. The highest BCUT2D eigenvalue weighted by Crippen LogP contribution is 2.45. The lowest BCUT2D eigenvalue weighted by Gasteiger charge is -2.28. The van der Waals surface area contributed by atoms with Crippen LogP contribution in [0.4, 0.5) is 0 Å². The maximum atomic E-state index is 6.19. The molecule has 0 fully saturated rings. The zero-order valence-corrected chi connectivity index (χ0v) is 14.6. The van der Waals surface area contributed by atoms with Crippen molar-refractivity contribution in [1.29, 1.82) is 0 Å². The van der Waals surface area contributed by atoms with E-state index in [1.54, 1.807) is 0 Å². The van der Waals surface area contributed by atoms with Crippen LogP contribution in [0, 0.1) is 5.41 Å². The Morgan fingerprint density at radius 2 is 1.86 bits per heavy atom. The molecule has 0 aliphatic heterocycles. The van der Waals surface area contributed by atoms with Gasteiger partial charge < -0.3 is 5.32 Å². The van der Waals surface area contributed by atoms with Crippen LogP contribution in [0.5, 0.6) is 0 Å². The molecule has 21 heavy (non-hydrogen) atoms. The fourth-order valence-corrected chi connectivity index (χ4v) is 3.73. The van der Waals surface area contributed by atoms with Gasteiger partial charge in [-0.05, 0) is 48.1 Å². The summed E-state index contributed by atoms with van der Waals surface area (Å²) in [6.45, 7) is 8.11. The predicted molar refractivity (Wildman–Crippen MR) is 93.1 cm³/mol. The smallest absolute Gasteiger partial charge is 0.0409 e. The zero-order valence-electron chi connectivity index (χ0n) is 13.8. The first-order valence-electron chi connectivity index (χ1n) is 8.56. The maximum Gasteiger partial charge on any atom is 0.0409 e. The molecule has 0 saturated heterocycles. The summed E-state index contributed by atoms with van der Waals surface area (Å²) < 4.78 is 0. The first-order valence-corrected chi connectivity index (χ1v) is 8.94. The molecular weight excluding hydrogens is 278 g/mol. The molecule has 2 rings (SSSR count). The van der Waals surface area contributed by atoms with E-state index >= 15 is 0 Å². The Morgan fingerprint density at radius 3 is 2.62 bits per heavy atom. The van der Waals surface area contributed by atoms with Gasteiger partial charge in [0.2, 0.25) is 0 Å². The summed E-state index contributed by atoms with van der Waals surface area (Å²) in [5.74, 6) is 0. The van der Waals surface area contributed by atoms with Gasteiger partial charge in [-0.25, -0.2) is 0 Å². The largest absolute Gasteiger partial charge is 0.309 e. The van der Waals surface area contributed by atoms with Crippen LogP contribution in [0.25, 0.3) is 0 Å². The van der Waals surface area contributed by atoms with Crippen LogP contribution >= 0.6 is 11.6 Å². The normalized spacial score (nSPS) is 19.7. The predicted octanol–water partition coefficient (Wildman–Crippen LogP) is 5.91. The van der Waals surface area contributed by atoms with E-state index in [4.69, 9.17) is 11.6 Å². The van der Waals surface area contributed by atoms with E-state index in [0.29, 0.717) is 6.04 Å². The third-order valence-corrected chi connectivity index (χ3v) is 4.96. The van der Waals surface area contributed by atoms with Crippen LogP contribution in [0.3, 0.4) is 0 Å². The fraction of sp³-hybridized carbons (Fsp3) is 0.684. The number of halogens is 1. The monoisotopic (exact) mass is 307 g/mol. The van der Waals surface area contributed by atoms with Crippen molar-refractivity contribution in [2.45, 2.75) is 71.8 Å². The number of rotatable bonds is 8. The molecule has 0 amide bonds. The summed E-state index contributed by atoms with van der Waals surface area (Å²) in [6, 6.07) is 6.82. The van der Waals surface area contributed by atoms with E-state index in [1.165, 1.54) is 49.7 Å². The second-order valence-electron chi connectivity index (χ2n) is 7.16. The lowest BCUT2D eigenvalue weighted by molar-refractivity contribution is 0.268. The molecule has 1 aliphatic rings. The average Bonchev–Trinajstić information content (AvgIpc) is 2.68. The molecule has 0 heterocycles. The van der Waals surface area contributed by atoms with Crippen molar-refractivity contribution in [3.05, 3.63) is 34.3 Å². The van der Waals surface area contributed by atoms with Gasteiger partial charge in [-0.3, -0.25) is 0 Å². The summed E-state index contributed by atoms with van der Waals surface area (Å²) in [4.78, 5) is 0. The lowest BCUT2D eigenvalue weighted by Crippen LogP contribution is -2.31. The number of unbranched alkanes of at least 4 members (excludes halogenated alkanes) is 5. The van der Waals surface area contributed by atoms with Crippen LogP contribution < -0.4 is 5.32 Å². The molecule has 2 heteroatoms. The standard InChI is InChI=1S/C19H30ClN/c1-4-5-6-7-8-9-12-21-18-17-13-16(20)11-10-15(17)14-19(18,2)3/h10-11,13,18,21H,4-9,12,14H2,1-3H3. The quantitative estimate of drug-likeness (QED) is 0.588. The summed E-state index contributed by atoms with van der Waals surface area (Å²) >= 11 is 6.19. The Morgan fingerprint density at radius 1 is 1.14 bits per heavy atom. The molecule has 1 N–H and O–H groups in total. The van der Waals surface area contributed by atoms with Gasteiger partial charge in [-0.15, -0.1) is 0 Å². The Labute approximate surface area is 135 Å². The van der Waals surface area contributed by atoms with Crippen LogP contribution in [0.1, 0.15) is 76.5 Å². The molecule has 0 aromatic heterocycles. The number of hydrogen-bond donors (Lipinski definition) is 1. The van der Waals surface area contributed by atoms with Gasteiger partial charge in [0.1, 0.15) is 0 Å². The van der Waals surface area contributed by atoms with Crippen molar-refractivity contribution in [3.63, 3.8) is 0 Å². The van der Waals surface area contributed by atoms with Gasteiger partial charge in [0.05, 0.1) is 0 Å². The van der Waals surface area contributed by atoms with Gasteiger partial charge in [-0.1, -0.05) is 70.5 Å². The van der Waals surface area contributed by atoms with Gasteiger partial charge in [-0.2, -0.15) is 0 Å². The number of hydrogen-bond acceptors (Lipinski definition) is 1. The van der Waals surface area contributed by atoms with Gasteiger partial charge >= 0.3 is 0 Å². The highest BCUT2D eigenvalue weighted by Gasteiger charge is 2.38. The van der Waals surface area contributed by atoms with E-state index in [-0.39, 0.29) is 5.41 Å². The van der Waals surface area contributed by atoms with Crippen molar-refractivity contribution in [1.82, 2.24) is 5.32 Å². The van der Waals surface area contributed by atoms with E-state index in [1.807, 2.05) is 6.07 Å². The first-order chi connectivity index (χ1) is 10.0. The third kappa shape index (κ3) is 4.47. The molecule has 1 nitrogen and oxygen atoms in total. The Balaban J connectivity index is 1.83. The molecule has 0 bridgehead atoms. The number of benzene rings is 1. The zero-order chi connectivity index (χ0) is 15.3. The van der Waals surface area contributed by atoms with Crippen LogP contribution in [0.15, 0.2) is 18.2 Å². The van der Waals surface area contributed by atoms with Gasteiger partial charge in [0, 0.05) is 11.1 Å². The average molecular weight is 308 g/mol.